The Morgan fingerprint density at radius 3 is 2.89 bits per heavy atom. The molecule has 1 aromatic heterocycles. The van der Waals surface area contributed by atoms with Gasteiger partial charge in [-0.2, -0.15) is 16.9 Å². The van der Waals surface area contributed by atoms with Gasteiger partial charge in [0.05, 0.1) is 22.4 Å². The van der Waals surface area contributed by atoms with Crippen LogP contribution in [0.2, 0.25) is 0 Å². The molecule has 1 aromatic rings. The Morgan fingerprint density at radius 2 is 2.22 bits per heavy atom. The van der Waals surface area contributed by atoms with Gasteiger partial charge in [-0.15, -0.1) is 0 Å². The van der Waals surface area contributed by atoms with Crippen LogP contribution in [0.5, 0.6) is 0 Å². The number of aryl methyl sites for hydroxylation is 1. The van der Waals surface area contributed by atoms with Crippen molar-refractivity contribution in [3.8, 4) is 0 Å². The predicted octanol–water partition coefficient (Wildman–Crippen LogP) is 3.73. The van der Waals surface area contributed by atoms with E-state index in [9.17, 15) is 0 Å². The van der Waals surface area contributed by atoms with E-state index in [1.807, 2.05) is 22.6 Å². The van der Waals surface area contributed by atoms with Crippen molar-refractivity contribution in [1.29, 1.82) is 0 Å². The summed E-state index contributed by atoms with van der Waals surface area (Å²) in [6, 6.07) is 0.0775. The lowest BCUT2D eigenvalue weighted by molar-refractivity contribution is 0.515. The van der Waals surface area contributed by atoms with E-state index < -0.39 is 0 Å². The van der Waals surface area contributed by atoms with Crippen molar-refractivity contribution in [2.45, 2.75) is 56.9 Å². The molecule has 1 saturated carbocycles. The number of halogens is 1. The number of hydrogen-bond acceptors (Lipinski definition) is 3. The second-order valence-electron chi connectivity index (χ2n) is 4.89. The number of nitrogens with zero attached hydrogens (tertiary/aromatic N) is 2. The van der Waals surface area contributed by atoms with Gasteiger partial charge < -0.3 is 5.73 Å². The van der Waals surface area contributed by atoms with E-state index in [-0.39, 0.29) is 6.04 Å². The van der Waals surface area contributed by atoms with Crippen LogP contribution in [0.1, 0.15) is 50.8 Å². The molecule has 1 unspecified atom stereocenters. The molecular formula is C13H22BrN3S. The molecular weight excluding hydrogens is 310 g/mol. The maximum absolute atomic E-state index is 6.32. The van der Waals surface area contributed by atoms with E-state index >= 15 is 0 Å². The van der Waals surface area contributed by atoms with Crippen molar-refractivity contribution >= 4 is 27.7 Å². The lowest BCUT2D eigenvalue weighted by Crippen LogP contribution is -2.20. The van der Waals surface area contributed by atoms with Crippen LogP contribution in [-0.2, 0) is 6.54 Å². The zero-order valence-corrected chi connectivity index (χ0v) is 13.3. The summed E-state index contributed by atoms with van der Waals surface area (Å²) in [6.07, 6.45) is 8.78. The highest BCUT2D eigenvalue weighted by Gasteiger charge is 2.19. The van der Waals surface area contributed by atoms with Crippen molar-refractivity contribution in [3.63, 3.8) is 0 Å². The Morgan fingerprint density at radius 1 is 1.50 bits per heavy atom. The average molecular weight is 332 g/mol. The monoisotopic (exact) mass is 331 g/mol. The number of aromatic nitrogens is 2. The van der Waals surface area contributed by atoms with Crippen LogP contribution in [0.15, 0.2) is 10.7 Å². The molecule has 0 saturated heterocycles. The summed E-state index contributed by atoms with van der Waals surface area (Å²) in [5, 5.41) is 5.15. The van der Waals surface area contributed by atoms with Crippen LogP contribution in [0.25, 0.3) is 0 Å². The molecule has 1 fully saturated rings. The zero-order chi connectivity index (χ0) is 13.0. The summed E-state index contributed by atoms with van der Waals surface area (Å²) in [7, 11) is 0. The first-order valence-electron chi connectivity index (χ1n) is 6.80. The molecule has 1 atom stereocenters. The smallest absolute Gasteiger partial charge is 0.0701 e. The number of rotatable bonds is 5. The normalized spacial score (nSPS) is 19.1. The molecule has 18 heavy (non-hydrogen) atoms. The predicted molar refractivity (Wildman–Crippen MR) is 81.9 cm³/mol. The van der Waals surface area contributed by atoms with Gasteiger partial charge in [0.25, 0.3) is 0 Å². The van der Waals surface area contributed by atoms with Crippen LogP contribution in [0.4, 0.5) is 0 Å². The summed E-state index contributed by atoms with van der Waals surface area (Å²) in [6.45, 7) is 2.98. The van der Waals surface area contributed by atoms with Gasteiger partial charge in [0, 0.05) is 17.5 Å². The standard InChI is InChI=1S/C13H22BrN3S/c1-2-17-13(11(14)8-16-17)12(15)9-18-10-6-4-3-5-7-10/h8,10,12H,2-7,9,15H2,1H3. The van der Waals surface area contributed by atoms with Crippen molar-refractivity contribution in [2.24, 2.45) is 5.73 Å². The minimum atomic E-state index is 0.0775. The van der Waals surface area contributed by atoms with E-state index in [2.05, 4.69) is 28.0 Å². The van der Waals surface area contributed by atoms with Crippen LogP contribution < -0.4 is 5.73 Å². The van der Waals surface area contributed by atoms with Crippen LogP contribution in [0.3, 0.4) is 0 Å². The van der Waals surface area contributed by atoms with Gasteiger partial charge in [-0.25, -0.2) is 0 Å². The fourth-order valence-corrected chi connectivity index (χ4v) is 4.44. The first-order valence-corrected chi connectivity index (χ1v) is 8.65. The Labute approximate surface area is 122 Å². The molecule has 2 rings (SSSR count). The molecule has 0 aromatic carbocycles. The minimum Gasteiger partial charge on any atom is -0.322 e. The molecule has 0 radical (unpaired) electrons. The largest absolute Gasteiger partial charge is 0.322 e. The summed E-state index contributed by atoms with van der Waals surface area (Å²) < 4.78 is 3.04. The topological polar surface area (TPSA) is 43.8 Å². The van der Waals surface area contributed by atoms with Gasteiger partial charge in [0.15, 0.2) is 0 Å². The highest BCUT2D eigenvalue weighted by molar-refractivity contribution is 9.10. The van der Waals surface area contributed by atoms with Crippen molar-refractivity contribution in [1.82, 2.24) is 9.78 Å². The average Bonchev–Trinajstić information content (AvgIpc) is 2.78. The van der Waals surface area contributed by atoms with Crippen molar-refractivity contribution in [2.75, 3.05) is 5.75 Å². The van der Waals surface area contributed by atoms with Gasteiger partial charge in [-0.1, -0.05) is 19.3 Å². The van der Waals surface area contributed by atoms with E-state index in [0.717, 1.165) is 27.7 Å². The zero-order valence-electron chi connectivity index (χ0n) is 10.9. The first-order chi connectivity index (χ1) is 8.72. The number of nitrogens with two attached hydrogens (primary N) is 1. The maximum atomic E-state index is 6.32. The molecule has 0 bridgehead atoms. The molecule has 0 aliphatic heterocycles. The van der Waals surface area contributed by atoms with Crippen molar-refractivity contribution in [3.05, 3.63) is 16.4 Å². The summed E-state index contributed by atoms with van der Waals surface area (Å²) >= 11 is 5.60. The van der Waals surface area contributed by atoms with E-state index in [0.29, 0.717) is 0 Å². The highest BCUT2D eigenvalue weighted by atomic mass is 79.9. The molecule has 3 nitrogen and oxygen atoms in total. The molecule has 1 aliphatic rings. The molecule has 5 heteroatoms. The maximum Gasteiger partial charge on any atom is 0.0701 e. The van der Waals surface area contributed by atoms with Crippen LogP contribution >= 0.6 is 27.7 Å². The molecule has 0 spiro atoms. The van der Waals surface area contributed by atoms with E-state index in [1.54, 1.807) is 0 Å². The second-order valence-corrected chi connectivity index (χ2v) is 7.08. The number of hydrogen-bond donors (Lipinski definition) is 1. The summed E-state index contributed by atoms with van der Waals surface area (Å²) in [4.78, 5) is 0. The lowest BCUT2D eigenvalue weighted by atomic mass is 10.0. The fraction of sp³-hybridized carbons (Fsp3) is 0.769. The molecule has 2 N–H and O–H groups in total. The quantitative estimate of drug-likeness (QED) is 0.893. The van der Waals surface area contributed by atoms with Crippen molar-refractivity contribution < 1.29 is 0 Å². The lowest BCUT2D eigenvalue weighted by Gasteiger charge is -2.23. The van der Waals surface area contributed by atoms with Gasteiger partial charge >= 0.3 is 0 Å². The first kappa shape index (κ1) is 14.4. The van der Waals surface area contributed by atoms with E-state index in [1.165, 1.54) is 32.1 Å². The third-order valence-corrected chi connectivity index (χ3v) is 5.65. The van der Waals surface area contributed by atoms with Gasteiger partial charge in [0.1, 0.15) is 0 Å². The Bertz CT molecular complexity index is 374. The SMILES string of the molecule is CCn1ncc(Br)c1C(N)CSC1CCCCC1. The number of thioether (sulfide) groups is 1. The van der Waals surface area contributed by atoms with Crippen LogP contribution in [-0.4, -0.2) is 20.8 Å². The third kappa shape index (κ3) is 3.52. The second kappa shape index (κ2) is 6.96. The van der Waals surface area contributed by atoms with Gasteiger partial charge in [0.2, 0.25) is 0 Å². The summed E-state index contributed by atoms with van der Waals surface area (Å²) in [5.41, 5.74) is 7.46. The minimum absolute atomic E-state index is 0.0775. The van der Waals surface area contributed by atoms with Gasteiger partial charge in [-0.3, -0.25) is 4.68 Å². The van der Waals surface area contributed by atoms with Gasteiger partial charge in [-0.05, 0) is 35.7 Å². The molecule has 102 valence electrons. The Balaban J connectivity index is 1.90. The Hall–Kier alpha value is -0.0000000000000000555. The fourth-order valence-electron chi connectivity index (χ4n) is 2.54. The molecule has 1 heterocycles. The van der Waals surface area contributed by atoms with E-state index in [4.69, 9.17) is 5.73 Å². The summed E-state index contributed by atoms with van der Waals surface area (Å²) in [5.74, 6) is 0.995. The molecule has 0 amide bonds. The van der Waals surface area contributed by atoms with Crippen LogP contribution in [0, 0.1) is 0 Å². The third-order valence-electron chi connectivity index (χ3n) is 3.55. The Kier molecular flexibility index (Phi) is 5.57. The highest BCUT2D eigenvalue weighted by Crippen LogP contribution is 2.31. The molecule has 1 aliphatic carbocycles.